The number of fused-ring (bicyclic) bond motifs is 1. The van der Waals surface area contributed by atoms with Gasteiger partial charge in [0.05, 0.1) is 12.9 Å². The molecule has 1 saturated heterocycles. The highest BCUT2D eigenvalue weighted by atomic mass is 16.5. The molecule has 0 amide bonds. The van der Waals surface area contributed by atoms with Crippen LogP contribution < -0.4 is 5.73 Å². The molecule has 3 heterocycles. The molecule has 7 heteroatoms. The number of aliphatic hydroxyl groups is 1. The minimum Gasteiger partial charge on any atom is -0.393 e. The van der Waals surface area contributed by atoms with Gasteiger partial charge in [-0.2, -0.15) is 0 Å². The van der Waals surface area contributed by atoms with Crippen LogP contribution in [0, 0.1) is 0 Å². The van der Waals surface area contributed by atoms with Gasteiger partial charge in [0.2, 0.25) is 0 Å². The molecule has 2 atom stereocenters. The third-order valence-electron chi connectivity index (χ3n) is 2.83. The van der Waals surface area contributed by atoms with E-state index in [0.717, 1.165) is 5.57 Å². The quantitative estimate of drug-likeness (QED) is 0.700. The van der Waals surface area contributed by atoms with Crippen LogP contribution in [0.15, 0.2) is 24.8 Å². The molecule has 3 rings (SSSR count). The van der Waals surface area contributed by atoms with Gasteiger partial charge in [-0.25, -0.2) is 15.0 Å². The predicted molar refractivity (Wildman–Crippen MR) is 59.9 cm³/mol. The van der Waals surface area contributed by atoms with Gasteiger partial charge in [0.1, 0.15) is 17.9 Å². The number of ether oxygens (including phenoxy) is 1. The Balaban J connectivity index is 2.03. The zero-order valence-electron chi connectivity index (χ0n) is 8.95. The molecule has 1 fully saturated rings. The Hall–Kier alpha value is -1.99. The largest absolute Gasteiger partial charge is 0.393 e. The summed E-state index contributed by atoms with van der Waals surface area (Å²) in [4.78, 5) is 12.1. The summed E-state index contributed by atoms with van der Waals surface area (Å²) in [5.74, 6) is 0.331. The number of hydrogen-bond acceptors (Lipinski definition) is 6. The van der Waals surface area contributed by atoms with Crippen LogP contribution in [0.4, 0.5) is 5.82 Å². The Kier molecular flexibility index (Phi) is 2.10. The Morgan fingerprint density at radius 1 is 1.47 bits per heavy atom. The highest BCUT2D eigenvalue weighted by Gasteiger charge is 2.36. The fourth-order valence-corrected chi connectivity index (χ4v) is 1.86. The molecule has 0 unspecified atom stereocenters. The van der Waals surface area contributed by atoms with Gasteiger partial charge < -0.3 is 15.6 Å². The molecule has 0 saturated carbocycles. The van der Waals surface area contributed by atoms with Gasteiger partial charge in [-0.05, 0) is 0 Å². The molecular formula is C10H11N5O2. The van der Waals surface area contributed by atoms with Crippen molar-refractivity contribution in [1.29, 1.82) is 0 Å². The number of aromatic nitrogens is 4. The van der Waals surface area contributed by atoms with E-state index < -0.39 is 0 Å². The van der Waals surface area contributed by atoms with Crippen molar-refractivity contribution in [2.24, 2.45) is 0 Å². The van der Waals surface area contributed by atoms with Crippen molar-refractivity contribution in [3.05, 3.63) is 24.8 Å². The van der Waals surface area contributed by atoms with Crippen molar-refractivity contribution in [1.82, 2.24) is 19.5 Å². The molecular weight excluding hydrogens is 222 g/mol. The SMILES string of the molecule is C=C1[C@H](n2cnc3c(N)ncnc32)O[C@@H]1CO. The smallest absolute Gasteiger partial charge is 0.167 e. The maximum Gasteiger partial charge on any atom is 0.167 e. The van der Waals surface area contributed by atoms with Gasteiger partial charge in [-0.1, -0.05) is 6.58 Å². The average molecular weight is 233 g/mol. The van der Waals surface area contributed by atoms with E-state index in [9.17, 15) is 0 Å². The monoisotopic (exact) mass is 233 g/mol. The van der Waals surface area contributed by atoms with E-state index in [4.69, 9.17) is 15.6 Å². The molecule has 0 bridgehead atoms. The number of anilines is 1. The molecule has 0 aliphatic carbocycles. The highest BCUT2D eigenvalue weighted by Crippen LogP contribution is 2.36. The first-order valence-corrected chi connectivity index (χ1v) is 5.10. The Labute approximate surface area is 96.6 Å². The predicted octanol–water partition coefficient (Wildman–Crippen LogP) is -0.146. The number of nitrogen functional groups attached to an aromatic ring is 1. The molecule has 2 aromatic rings. The molecule has 2 aromatic heterocycles. The second-order valence-corrected chi connectivity index (χ2v) is 3.82. The number of rotatable bonds is 2. The van der Waals surface area contributed by atoms with Crippen LogP contribution in [0.2, 0.25) is 0 Å². The average Bonchev–Trinajstić information content (AvgIpc) is 2.73. The first-order chi connectivity index (χ1) is 8.22. The molecule has 0 aromatic carbocycles. The van der Waals surface area contributed by atoms with Crippen molar-refractivity contribution >= 4 is 17.0 Å². The first-order valence-electron chi connectivity index (χ1n) is 5.10. The van der Waals surface area contributed by atoms with E-state index in [2.05, 4.69) is 21.5 Å². The van der Waals surface area contributed by atoms with Gasteiger partial charge in [-0.15, -0.1) is 0 Å². The lowest BCUT2D eigenvalue weighted by Crippen LogP contribution is -2.39. The molecule has 17 heavy (non-hydrogen) atoms. The zero-order chi connectivity index (χ0) is 12.0. The lowest BCUT2D eigenvalue weighted by molar-refractivity contribution is -0.115. The van der Waals surface area contributed by atoms with Crippen molar-refractivity contribution in [2.75, 3.05) is 12.3 Å². The van der Waals surface area contributed by atoms with Crippen molar-refractivity contribution < 1.29 is 9.84 Å². The van der Waals surface area contributed by atoms with E-state index >= 15 is 0 Å². The van der Waals surface area contributed by atoms with E-state index in [1.54, 1.807) is 10.9 Å². The summed E-state index contributed by atoms with van der Waals surface area (Å²) < 4.78 is 7.19. The van der Waals surface area contributed by atoms with Crippen LogP contribution in [-0.2, 0) is 4.74 Å². The summed E-state index contributed by atoms with van der Waals surface area (Å²) in [5, 5.41) is 8.97. The van der Waals surface area contributed by atoms with Gasteiger partial charge >= 0.3 is 0 Å². The standard InChI is InChI=1S/C10H11N5O2/c1-5-6(2-16)17-10(5)15-4-14-7-8(11)12-3-13-9(7)15/h3-4,6,10,16H,1-2H2,(H2,11,12,13)/t6-,10-/m1/s1. The van der Waals surface area contributed by atoms with Crippen LogP contribution in [0.25, 0.3) is 11.2 Å². The Bertz CT molecular complexity index is 593. The number of aliphatic hydroxyl groups excluding tert-OH is 1. The van der Waals surface area contributed by atoms with E-state index in [0.29, 0.717) is 17.0 Å². The van der Waals surface area contributed by atoms with E-state index in [1.807, 2.05) is 0 Å². The van der Waals surface area contributed by atoms with Crippen LogP contribution in [-0.4, -0.2) is 37.3 Å². The molecule has 7 nitrogen and oxygen atoms in total. The van der Waals surface area contributed by atoms with Crippen molar-refractivity contribution in [3.63, 3.8) is 0 Å². The maximum atomic E-state index is 8.97. The van der Waals surface area contributed by atoms with Gasteiger partial charge in [0.25, 0.3) is 0 Å². The fourth-order valence-electron chi connectivity index (χ4n) is 1.86. The van der Waals surface area contributed by atoms with Gasteiger partial charge in [0.15, 0.2) is 17.7 Å². The minimum absolute atomic E-state index is 0.0704. The van der Waals surface area contributed by atoms with Crippen LogP contribution >= 0.6 is 0 Å². The molecule has 1 aliphatic rings. The summed E-state index contributed by atoms with van der Waals surface area (Å²) >= 11 is 0. The Morgan fingerprint density at radius 2 is 2.29 bits per heavy atom. The lowest BCUT2D eigenvalue weighted by Gasteiger charge is -2.38. The second-order valence-electron chi connectivity index (χ2n) is 3.82. The summed E-state index contributed by atoms with van der Waals surface area (Å²) in [6.45, 7) is 3.80. The van der Waals surface area contributed by atoms with Crippen molar-refractivity contribution in [3.8, 4) is 0 Å². The van der Waals surface area contributed by atoms with Crippen LogP contribution in [0.1, 0.15) is 6.23 Å². The maximum absolute atomic E-state index is 8.97. The van der Waals surface area contributed by atoms with Gasteiger partial charge in [0, 0.05) is 5.57 Å². The number of imidazole rings is 1. The summed E-state index contributed by atoms with van der Waals surface area (Å²) in [5.41, 5.74) is 7.62. The number of nitrogens with zero attached hydrogens (tertiary/aromatic N) is 4. The molecule has 0 spiro atoms. The highest BCUT2D eigenvalue weighted by molar-refractivity contribution is 5.81. The van der Waals surface area contributed by atoms with Crippen LogP contribution in [0.3, 0.4) is 0 Å². The van der Waals surface area contributed by atoms with Crippen LogP contribution in [0.5, 0.6) is 0 Å². The van der Waals surface area contributed by atoms with Crippen molar-refractivity contribution in [2.45, 2.75) is 12.3 Å². The number of nitrogens with two attached hydrogens (primary N) is 1. The second kappa shape index (κ2) is 3.51. The zero-order valence-corrected chi connectivity index (χ0v) is 8.95. The fraction of sp³-hybridized carbons (Fsp3) is 0.300. The summed E-state index contributed by atoms with van der Waals surface area (Å²) in [7, 11) is 0. The molecule has 3 N–H and O–H groups in total. The number of hydrogen-bond donors (Lipinski definition) is 2. The topological polar surface area (TPSA) is 99.1 Å². The van der Waals surface area contributed by atoms with Gasteiger partial charge in [-0.3, -0.25) is 4.57 Å². The molecule has 0 radical (unpaired) electrons. The summed E-state index contributed by atoms with van der Waals surface area (Å²) in [6.07, 6.45) is 2.31. The minimum atomic E-state index is -0.341. The third-order valence-corrected chi connectivity index (χ3v) is 2.83. The summed E-state index contributed by atoms with van der Waals surface area (Å²) in [6, 6.07) is 0. The normalized spacial score (nSPS) is 23.9. The van der Waals surface area contributed by atoms with E-state index in [-0.39, 0.29) is 18.9 Å². The van der Waals surface area contributed by atoms with E-state index in [1.165, 1.54) is 6.33 Å². The Morgan fingerprint density at radius 3 is 3.00 bits per heavy atom. The molecule has 1 aliphatic heterocycles. The third kappa shape index (κ3) is 1.33. The molecule has 88 valence electrons. The lowest BCUT2D eigenvalue weighted by atomic mass is 10.1. The first kappa shape index (κ1) is 10.2.